The topological polar surface area (TPSA) is 12.0 Å². The Kier molecular flexibility index (Phi) is 4.26. The second kappa shape index (κ2) is 5.92. The Balaban J connectivity index is 2.10. The van der Waals surface area contributed by atoms with Crippen LogP contribution in [0.1, 0.15) is 34.7 Å². The van der Waals surface area contributed by atoms with Crippen LogP contribution in [0.3, 0.4) is 0 Å². The van der Waals surface area contributed by atoms with Crippen LogP contribution in [-0.2, 0) is 13.0 Å². The molecule has 0 aliphatic rings. The molecule has 0 spiro atoms. The van der Waals surface area contributed by atoms with E-state index in [2.05, 4.69) is 69.4 Å². The predicted octanol–water partition coefficient (Wildman–Crippen LogP) is 4.79. The number of aryl methyl sites for hydroxylation is 4. The Bertz CT molecular complexity index is 529. The molecule has 0 amide bonds. The third-order valence-corrected chi connectivity index (χ3v) is 3.67. The predicted molar refractivity (Wildman–Crippen MR) is 83.8 cm³/mol. The SMILES string of the molecule is CCc1ccc(NCc2c(C)cc(C)cc2C)cc1. The molecule has 0 radical (unpaired) electrons. The quantitative estimate of drug-likeness (QED) is 0.826. The molecule has 0 aliphatic heterocycles. The van der Waals surface area contributed by atoms with E-state index in [0.29, 0.717) is 0 Å². The van der Waals surface area contributed by atoms with Gasteiger partial charge in [0, 0.05) is 12.2 Å². The minimum Gasteiger partial charge on any atom is -0.381 e. The van der Waals surface area contributed by atoms with Crippen LogP contribution in [0.2, 0.25) is 0 Å². The number of hydrogen-bond acceptors (Lipinski definition) is 1. The summed E-state index contributed by atoms with van der Waals surface area (Å²) in [5.41, 5.74) is 8.06. The highest BCUT2D eigenvalue weighted by Crippen LogP contribution is 2.18. The summed E-state index contributed by atoms with van der Waals surface area (Å²) < 4.78 is 0. The van der Waals surface area contributed by atoms with E-state index in [1.54, 1.807) is 0 Å². The molecule has 1 N–H and O–H groups in total. The Morgan fingerprint density at radius 1 is 0.895 bits per heavy atom. The monoisotopic (exact) mass is 253 g/mol. The van der Waals surface area contributed by atoms with Crippen molar-refractivity contribution in [3.8, 4) is 0 Å². The summed E-state index contributed by atoms with van der Waals surface area (Å²) in [6.07, 6.45) is 1.09. The van der Waals surface area contributed by atoms with Gasteiger partial charge in [-0.25, -0.2) is 0 Å². The maximum atomic E-state index is 3.51. The number of nitrogens with one attached hydrogen (secondary N) is 1. The normalized spacial score (nSPS) is 10.5. The molecular formula is C18H23N. The van der Waals surface area contributed by atoms with Crippen molar-refractivity contribution in [2.45, 2.75) is 40.7 Å². The number of rotatable bonds is 4. The van der Waals surface area contributed by atoms with Gasteiger partial charge >= 0.3 is 0 Å². The molecule has 0 aliphatic carbocycles. The number of anilines is 1. The largest absolute Gasteiger partial charge is 0.381 e. The molecule has 0 aromatic heterocycles. The van der Waals surface area contributed by atoms with Crippen molar-refractivity contribution >= 4 is 5.69 Å². The van der Waals surface area contributed by atoms with Crippen LogP contribution in [-0.4, -0.2) is 0 Å². The fraction of sp³-hybridized carbons (Fsp3) is 0.333. The van der Waals surface area contributed by atoms with Crippen molar-refractivity contribution in [1.82, 2.24) is 0 Å². The molecule has 2 aromatic rings. The maximum Gasteiger partial charge on any atom is 0.0406 e. The van der Waals surface area contributed by atoms with Gasteiger partial charge in [-0.05, 0) is 61.6 Å². The van der Waals surface area contributed by atoms with Gasteiger partial charge in [-0.1, -0.05) is 36.8 Å². The van der Waals surface area contributed by atoms with E-state index in [9.17, 15) is 0 Å². The summed E-state index contributed by atoms with van der Waals surface area (Å²) in [6, 6.07) is 13.2. The Hall–Kier alpha value is -1.76. The van der Waals surface area contributed by atoms with Crippen molar-refractivity contribution in [1.29, 1.82) is 0 Å². The van der Waals surface area contributed by atoms with E-state index in [-0.39, 0.29) is 0 Å². The molecule has 0 atom stereocenters. The average Bonchev–Trinajstić information content (AvgIpc) is 2.38. The second-order valence-corrected chi connectivity index (χ2v) is 5.28. The molecule has 100 valence electrons. The molecule has 1 nitrogen and oxygen atoms in total. The van der Waals surface area contributed by atoms with E-state index in [1.165, 1.54) is 33.5 Å². The Labute approximate surface area is 116 Å². The van der Waals surface area contributed by atoms with Gasteiger partial charge in [-0.2, -0.15) is 0 Å². The first kappa shape index (κ1) is 13.7. The van der Waals surface area contributed by atoms with E-state index in [4.69, 9.17) is 0 Å². The van der Waals surface area contributed by atoms with Crippen LogP contribution < -0.4 is 5.32 Å². The van der Waals surface area contributed by atoms with Crippen molar-refractivity contribution < 1.29 is 0 Å². The first-order valence-electron chi connectivity index (χ1n) is 6.99. The summed E-state index contributed by atoms with van der Waals surface area (Å²) in [4.78, 5) is 0. The first-order chi connectivity index (χ1) is 9.10. The standard InChI is InChI=1S/C18H23N/c1-5-16-6-8-17(9-7-16)19-12-18-14(3)10-13(2)11-15(18)4/h6-11,19H,5,12H2,1-4H3. The Morgan fingerprint density at radius 2 is 1.47 bits per heavy atom. The highest BCUT2D eigenvalue weighted by molar-refractivity contribution is 5.47. The molecule has 1 heteroatoms. The van der Waals surface area contributed by atoms with Gasteiger partial charge in [0.05, 0.1) is 0 Å². The van der Waals surface area contributed by atoms with Crippen molar-refractivity contribution in [2.24, 2.45) is 0 Å². The zero-order valence-electron chi connectivity index (χ0n) is 12.4. The van der Waals surface area contributed by atoms with Gasteiger partial charge in [0.1, 0.15) is 0 Å². The van der Waals surface area contributed by atoms with Gasteiger partial charge in [-0.3, -0.25) is 0 Å². The van der Waals surface area contributed by atoms with Crippen LogP contribution in [0, 0.1) is 20.8 Å². The van der Waals surface area contributed by atoms with Gasteiger partial charge in [0.25, 0.3) is 0 Å². The first-order valence-corrected chi connectivity index (χ1v) is 6.99. The van der Waals surface area contributed by atoms with Gasteiger partial charge < -0.3 is 5.32 Å². The van der Waals surface area contributed by atoms with Crippen molar-refractivity contribution in [3.63, 3.8) is 0 Å². The molecule has 0 bridgehead atoms. The smallest absolute Gasteiger partial charge is 0.0406 e. The summed E-state index contributed by atoms with van der Waals surface area (Å²) in [5.74, 6) is 0. The third-order valence-electron chi connectivity index (χ3n) is 3.67. The number of benzene rings is 2. The highest BCUT2D eigenvalue weighted by atomic mass is 14.9. The zero-order chi connectivity index (χ0) is 13.8. The number of hydrogen-bond donors (Lipinski definition) is 1. The van der Waals surface area contributed by atoms with E-state index < -0.39 is 0 Å². The molecule has 0 saturated heterocycles. The summed E-state index contributed by atoms with van der Waals surface area (Å²) in [6.45, 7) is 9.61. The van der Waals surface area contributed by atoms with Gasteiger partial charge in [0.2, 0.25) is 0 Å². The van der Waals surface area contributed by atoms with Crippen LogP contribution in [0.4, 0.5) is 5.69 Å². The van der Waals surface area contributed by atoms with Crippen molar-refractivity contribution in [2.75, 3.05) is 5.32 Å². The molecule has 2 aromatic carbocycles. The third kappa shape index (κ3) is 3.37. The summed E-state index contributed by atoms with van der Waals surface area (Å²) in [7, 11) is 0. The fourth-order valence-electron chi connectivity index (χ4n) is 2.54. The molecule has 0 fully saturated rings. The minimum absolute atomic E-state index is 0.892. The molecular weight excluding hydrogens is 230 g/mol. The molecule has 0 unspecified atom stereocenters. The molecule has 0 heterocycles. The van der Waals surface area contributed by atoms with Crippen LogP contribution in [0.15, 0.2) is 36.4 Å². The highest BCUT2D eigenvalue weighted by Gasteiger charge is 2.03. The van der Waals surface area contributed by atoms with Crippen LogP contribution in [0.5, 0.6) is 0 Å². The average molecular weight is 253 g/mol. The van der Waals surface area contributed by atoms with Gasteiger partial charge in [-0.15, -0.1) is 0 Å². The lowest BCUT2D eigenvalue weighted by Gasteiger charge is -2.13. The zero-order valence-corrected chi connectivity index (χ0v) is 12.4. The Morgan fingerprint density at radius 3 is 2.00 bits per heavy atom. The van der Waals surface area contributed by atoms with E-state index >= 15 is 0 Å². The van der Waals surface area contributed by atoms with E-state index in [0.717, 1.165) is 13.0 Å². The summed E-state index contributed by atoms with van der Waals surface area (Å²) in [5, 5.41) is 3.51. The maximum absolute atomic E-state index is 3.51. The lowest BCUT2D eigenvalue weighted by atomic mass is 10.00. The summed E-state index contributed by atoms with van der Waals surface area (Å²) >= 11 is 0. The fourth-order valence-corrected chi connectivity index (χ4v) is 2.54. The lowest BCUT2D eigenvalue weighted by Crippen LogP contribution is -2.04. The molecule has 0 saturated carbocycles. The van der Waals surface area contributed by atoms with E-state index in [1.807, 2.05) is 0 Å². The second-order valence-electron chi connectivity index (χ2n) is 5.28. The van der Waals surface area contributed by atoms with Crippen LogP contribution >= 0.6 is 0 Å². The lowest BCUT2D eigenvalue weighted by molar-refractivity contribution is 1.08. The van der Waals surface area contributed by atoms with Crippen LogP contribution in [0.25, 0.3) is 0 Å². The van der Waals surface area contributed by atoms with Crippen molar-refractivity contribution in [3.05, 3.63) is 64.2 Å². The minimum atomic E-state index is 0.892. The van der Waals surface area contributed by atoms with Gasteiger partial charge in [0.15, 0.2) is 0 Å². The molecule has 2 rings (SSSR count). The molecule has 19 heavy (non-hydrogen) atoms.